The summed E-state index contributed by atoms with van der Waals surface area (Å²) in [5.74, 6) is 0.481. The molecule has 26 heavy (non-hydrogen) atoms. The molecule has 0 amide bonds. The highest BCUT2D eigenvalue weighted by atomic mass is 32.2. The normalized spacial score (nSPS) is 27.1. The number of fused-ring (bicyclic) bond motifs is 2. The summed E-state index contributed by atoms with van der Waals surface area (Å²) in [5.41, 5.74) is 1.85. The molecule has 1 aromatic rings. The highest BCUT2D eigenvalue weighted by Crippen LogP contribution is 2.37. The van der Waals surface area contributed by atoms with Crippen LogP contribution in [0.5, 0.6) is 0 Å². The molecule has 0 radical (unpaired) electrons. The quantitative estimate of drug-likeness (QED) is 0.635. The van der Waals surface area contributed by atoms with Crippen LogP contribution in [0.15, 0.2) is 6.20 Å². The van der Waals surface area contributed by atoms with Gasteiger partial charge >= 0.3 is 0 Å². The van der Waals surface area contributed by atoms with Gasteiger partial charge in [0.15, 0.2) is 0 Å². The van der Waals surface area contributed by atoms with Crippen LogP contribution in [0.2, 0.25) is 0 Å². The minimum Gasteiger partial charge on any atom is -0.299 e. The zero-order chi connectivity index (χ0) is 19.1. The van der Waals surface area contributed by atoms with E-state index in [0.717, 1.165) is 66.6 Å². The third-order valence-corrected chi connectivity index (χ3v) is 6.68. The van der Waals surface area contributed by atoms with Crippen LogP contribution in [0.4, 0.5) is 0 Å². The van der Waals surface area contributed by atoms with Crippen molar-refractivity contribution < 1.29 is 21.0 Å². The third kappa shape index (κ3) is 4.47. The van der Waals surface area contributed by atoms with E-state index in [4.69, 9.17) is 4.18 Å². The fourth-order valence-corrected chi connectivity index (χ4v) is 5.24. The Morgan fingerprint density at radius 1 is 1.23 bits per heavy atom. The average Bonchev–Trinajstić information content (AvgIpc) is 2.94. The molecule has 3 unspecified atom stereocenters. The standard InChI is InChI=1S/C16H27N3O5S2/c1-4-5-18-9-12(11-24-26(3,22)23)6-13-7-15-14(8-16(13)18)10-19(17-15)25(2,20)21/h10,12-13,16H,4-9,11H2,1-3H3. The maximum absolute atomic E-state index is 11.8. The summed E-state index contributed by atoms with van der Waals surface area (Å²) in [6, 6.07) is 0.342. The number of rotatable bonds is 6. The number of likely N-dealkylation sites (tertiary alicyclic amines) is 1. The lowest BCUT2D eigenvalue weighted by molar-refractivity contribution is 0.0324. The summed E-state index contributed by atoms with van der Waals surface area (Å²) < 4.78 is 52.3. The molecule has 8 nitrogen and oxygen atoms in total. The molecule has 0 bridgehead atoms. The van der Waals surface area contributed by atoms with Crippen molar-refractivity contribution in [2.75, 3.05) is 32.2 Å². The second-order valence-corrected chi connectivity index (χ2v) is 11.0. The van der Waals surface area contributed by atoms with Gasteiger partial charge in [-0.05, 0) is 49.6 Å². The Morgan fingerprint density at radius 2 is 1.96 bits per heavy atom. The topological polar surface area (TPSA) is 98.6 Å². The van der Waals surface area contributed by atoms with Crippen LogP contribution < -0.4 is 0 Å². The largest absolute Gasteiger partial charge is 0.299 e. The van der Waals surface area contributed by atoms with Crippen molar-refractivity contribution in [3.63, 3.8) is 0 Å². The molecule has 3 rings (SSSR count). The van der Waals surface area contributed by atoms with Crippen LogP contribution in [0.3, 0.4) is 0 Å². The molecule has 1 saturated heterocycles. The maximum Gasteiger partial charge on any atom is 0.264 e. The average molecular weight is 406 g/mol. The van der Waals surface area contributed by atoms with Crippen molar-refractivity contribution in [2.45, 2.75) is 38.6 Å². The van der Waals surface area contributed by atoms with Crippen molar-refractivity contribution in [3.05, 3.63) is 17.5 Å². The minimum atomic E-state index is -3.45. The van der Waals surface area contributed by atoms with Crippen LogP contribution in [0.1, 0.15) is 31.0 Å². The van der Waals surface area contributed by atoms with Crippen molar-refractivity contribution >= 4 is 20.1 Å². The summed E-state index contributed by atoms with van der Waals surface area (Å²) in [6.45, 7) is 4.07. The zero-order valence-corrected chi connectivity index (χ0v) is 17.1. The van der Waals surface area contributed by atoms with E-state index in [0.29, 0.717) is 12.0 Å². The van der Waals surface area contributed by atoms with E-state index in [2.05, 4.69) is 16.9 Å². The summed E-state index contributed by atoms with van der Waals surface area (Å²) in [7, 11) is -6.83. The lowest BCUT2D eigenvalue weighted by Gasteiger charge is -2.46. The zero-order valence-electron chi connectivity index (χ0n) is 15.5. The summed E-state index contributed by atoms with van der Waals surface area (Å²) in [4.78, 5) is 2.41. The van der Waals surface area contributed by atoms with E-state index in [-0.39, 0.29) is 12.5 Å². The molecule has 1 aliphatic heterocycles. The highest BCUT2D eigenvalue weighted by Gasteiger charge is 2.40. The van der Waals surface area contributed by atoms with E-state index in [1.54, 1.807) is 6.20 Å². The Bertz CT molecular complexity index is 862. The van der Waals surface area contributed by atoms with Gasteiger partial charge in [0.25, 0.3) is 20.1 Å². The highest BCUT2D eigenvalue weighted by molar-refractivity contribution is 7.89. The van der Waals surface area contributed by atoms with Gasteiger partial charge in [-0.15, -0.1) is 0 Å². The van der Waals surface area contributed by atoms with Crippen LogP contribution in [0.25, 0.3) is 0 Å². The maximum atomic E-state index is 11.8. The van der Waals surface area contributed by atoms with Crippen molar-refractivity contribution in [1.82, 2.24) is 14.1 Å². The minimum absolute atomic E-state index is 0.149. The van der Waals surface area contributed by atoms with Crippen molar-refractivity contribution in [3.8, 4) is 0 Å². The number of aromatic nitrogens is 2. The van der Waals surface area contributed by atoms with Crippen molar-refractivity contribution in [2.24, 2.45) is 11.8 Å². The molecule has 0 spiro atoms. The molecule has 0 saturated carbocycles. The van der Waals surface area contributed by atoms with Gasteiger partial charge in [-0.25, -0.2) is 8.42 Å². The molecule has 0 aromatic carbocycles. The van der Waals surface area contributed by atoms with E-state index < -0.39 is 20.1 Å². The third-order valence-electron chi connectivity index (χ3n) is 5.25. The smallest absolute Gasteiger partial charge is 0.264 e. The number of nitrogens with zero attached hydrogens (tertiary/aromatic N) is 3. The first-order valence-corrected chi connectivity index (χ1v) is 12.6. The predicted molar refractivity (Wildman–Crippen MR) is 97.9 cm³/mol. The Kier molecular flexibility index (Phi) is 5.49. The Balaban J connectivity index is 1.80. The van der Waals surface area contributed by atoms with Gasteiger partial charge in [-0.2, -0.15) is 17.6 Å². The van der Waals surface area contributed by atoms with Crippen LogP contribution in [0, 0.1) is 11.8 Å². The summed E-state index contributed by atoms with van der Waals surface area (Å²) >= 11 is 0. The molecule has 2 aliphatic rings. The lowest BCUT2D eigenvalue weighted by atomic mass is 9.74. The molecular formula is C16H27N3O5S2. The number of hydrogen-bond acceptors (Lipinski definition) is 7. The first kappa shape index (κ1) is 19.8. The number of hydrogen-bond donors (Lipinski definition) is 0. The van der Waals surface area contributed by atoms with Gasteiger partial charge in [-0.3, -0.25) is 9.08 Å². The van der Waals surface area contributed by atoms with E-state index in [1.807, 2.05) is 0 Å². The molecule has 10 heteroatoms. The molecular weight excluding hydrogens is 378 g/mol. The Hall–Kier alpha value is -0.970. The lowest BCUT2D eigenvalue weighted by Crippen LogP contribution is -2.53. The van der Waals surface area contributed by atoms with Gasteiger partial charge in [0.2, 0.25) is 0 Å². The first-order chi connectivity index (χ1) is 12.1. The molecule has 1 fully saturated rings. The van der Waals surface area contributed by atoms with E-state index in [9.17, 15) is 16.8 Å². The van der Waals surface area contributed by atoms with Gasteiger partial charge in [0.1, 0.15) is 0 Å². The fraction of sp³-hybridized carbons (Fsp3) is 0.812. The molecule has 0 N–H and O–H groups in total. The monoisotopic (exact) mass is 405 g/mol. The molecule has 1 aromatic heterocycles. The van der Waals surface area contributed by atoms with E-state index in [1.165, 1.54) is 0 Å². The first-order valence-electron chi connectivity index (χ1n) is 8.93. The van der Waals surface area contributed by atoms with Crippen LogP contribution in [-0.2, 0) is 37.2 Å². The van der Waals surface area contributed by atoms with Crippen LogP contribution in [-0.4, -0.2) is 69.2 Å². The fourth-order valence-electron chi connectivity index (χ4n) is 4.23. The van der Waals surface area contributed by atoms with Gasteiger partial charge in [0, 0.05) is 18.8 Å². The second-order valence-electron chi connectivity index (χ2n) is 7.56. The molecule has 1 aliphatic carbocycles. The van der Waals surface area contributed by atoms with Gasteiger partial charge in [-0.1, -0.05) is 6.92 Å². The molecule has 2 heterocycles. The SMILES string of the molecule is CCCN1CC(COS(C)(=O)=O)CC2Cc3nn(S(C)(=O)=O)cc3CC21. The Labute approximate surface area is 155 Å². The van der Waals surface area contributed by atoms with Crippen LogP contribution >= 0.6 is 0 Å². The summed E-state index contributed by atoms with van der Waals surface area (Å²) in [5, 5.41) is 4.28. The predicted octanol–water partition coefficient (Wildman–Crippen LogP) is 0.482. The molecule has 3 atom stereocenters. The Morgan fingerprint density at radius 3 is 2.58 bits per heavy atom. The van der Waals surface area contributed by atoms with Gasteiger partial charge in [0.05, 0.1) is 24.8 Å². The van der Waals surface area contributed by atoms with Crippen molar-refractivity contribution in [1.29, 1.82) is 0 Å². The van der Waals surface area contributed by atoms with Gasteiger partial charge < -0.3 is 0 Å². The number of piperidine rings is 1. The summed E-state index contributed by atoms with van der Waals surface area (Å²) in [6.07, 6.45) is 7.26. The molecule has 148 valence electrons. The van der Waals surface area contributed by atoms with E-state index >= 15 is 0 Å². The second kappa shape index (κ2) is 7.21.